The van der Waals surface area contributed by atoms with Crippen LogP contribution >= 0.6 is 0 Å². The number of anilines is 2. The van der Waals surface area contributed by atoms with Gasteiger partial charge in [-0.1, -0.05) is 54.6 Å². The molecule has 0 atom stereocenters. The van der Waals surface area contributed by atoms with E-state index in [-0.39, 0.29) is 11.5 Å². The minimum Gasteiger partial charge on any atom is -0.308 e. The lowest BCUT2D eigenvalue weighted by Crippen LogP contribution is -2.57. The maximum Gasteiger partial charge on any atom is 0.338 e. The van der Waals surface area contributed by atoms with Gasteiger partial charge in [-0.3, -0.25) is 24.4 Å². The fourth-order valence-corrected chi connectivity index (χ4v) is 5.65. The first-order valence-electron chi connectivity index (χ1n) is 13.1. The molecule has 1 N–H and O–H groups in total. The van der Waals surface area contributed by atoms with Crippen LogP contribution in [0.15, 0.2) is 95.9 Å². The number of carbonyl (C=O) groups is 2. The molecule has 8 heteroatoms. The van der Waals surface area contributed by atoms with Gasteiger partial charge in [-0.15, -0.1) is 0 Å². The van der Waals surface area contributed by atoms with Gasteiger partial charge in [0.25, 0.3) is 5.91 Å². The van der Waals surface area contributed by atoms with E-state index in [4.69, 9.17) is 0 Å². The molecule has 0 unspecified atom stereocenters. The van der Waals surface area contributed by atoms with E-state index in [0.29, 0.717) is 44.0 Å². The van der Waals surface area contributed by atoms with Crippen molar-refractivity contribution in [3.05, 3.63) is 113 Å². The molecule has 4 heterocycles. The molecule has 6 rings (SSSR count). The van der Waals surface area contributed by atoms with Crippen molar-refractivity contribution < 1.29 is 9.59 Å². The number of hydrogen-bond donors (Lipinski definition) is 1. The smallest absolute Gasteiger partial charge is 0.308 e. The number of nitrogens with zero attached hydrogens (tertiary/aromatic N) is 4. The van der Waals surface area contributed by atoms with Crippen molar-refractivity contribution in [1.29, 1.82) is 0 Å². The topological polar surface area (TPSA) is 89.6 Å². The number of pyridine rings is 2. The zero-order valence-electron chi connectivity index (χ0n) is 21.7. The van der Waals surface area contributed by atoms with Crippen LogP contribution in [0.4, 0.5) is 16.3 Å². The minimum absolute atomic E-state index is 0.265. The summed E-state index contributed by atoms with van der Waals surface area (Å²) in [5.74, 6) is 0.0663. The Morgan fingerprint density at radius 3 is 2.23 bits per heavy atom. The number of carbonyl (C=O) groups excluding carboxylic acids is 2. The third-order valence-electron chi connectivity index (χ3n) is 7.81. The maximum atomic E-state index is 14.2. The van der Waals surface area contributed by atoms with E-state index in [1.165, 1.54) is 15.9 Å². The van der Waals surface area contributed by atoms with E-state index in [2.05, 4.69) is 14.9 Å². The Balaban J connectivity index is 1.32. The second kappa shape index (κ2) is 9.96. The predicted molar refractivity (Wildman–Crippen MR) is 151 cm³/mol. The van der Waals surface area contributed by atoms with Crippen LogP contribution in [0.1, 0.15) is 24.1 Å². The number of amides is 3. The van der Waals surface area contributed by atoms with Gasteiger partial charge in [0, 0.05) is 31.9 Å². The summed E-state index contributed by atoms with van der Waals surface area (Å²) in [5, 5.41) is 0. The molecule has 3 amide bonds. The first-order valence-corrected chi connectivity index (χ1v) is 13.1. The number of piperidine rings is 1. The summed E-state index contributed by atoms with van der Waals surface area (Å²) in [7, 11) is 0. The van der Waals surface area contributed by atoms with Crippen LogP contribution in [0.2, 0.25) is 0 Å². The van der Waals surface area contributed by atoms with E-state index < -0.39 is 11.6 Å². The molecule has 8 nitrogen and oxygen atoms in total. The molecular formula is C31H29N5O3. The van der Waals surface area contributed by atoms with E-state index >= 15 is 0 Å². The molecule has 2 saturated heterocycles. The number of hydrogen-bond acceptors (Lipinski definition) is 5. The number of imide groups is 1. The van der Waals surface area contributed by atoms with Gasteiger partial charge >= 0.3 is 6.03 Å². The zero-order chi connectivity index (χ0) is 27.0. The molecule has 0 aliphatic carbocycles. The Morgan fingerprint density at radius 2 is 1.54 bits per heavy atom. The Hall–Kier alpha value is -4.56. The molecule has 0 bridgehead atoms. The lowest BCUT2D eigenvalue weighted by molar-refractivity contribution is -0.123. The second-order valence-corrected chi connectivity index (χ2v) is 10.1. The summed E-state index contributed by atoms with van der Waals surface area (Å²) in [5.41, 5.74) is 3.28. The van der Waals surface area contributed by atoms with Crippen molar-refractivity contribution in [2.45, 2.75) is 31.8 Å². The third-order valence-corrected chi connectivity index (χ3v) is 7.81. The van der Waals surface area contributed by atoms with Gasteiger partial charge in [-0.25, -0.2) is 9.69 Å². The van der Waals surface area contributed by atoms with Crippen LogP contribution in [-0.4, -0.2) is 45.4 Å². The summed E-state index contributed by atoms with van der Waals surface area (Å²) >= 11 is 0. The fraction of sp³-hybridized carbons (Fsp3) is 0.226. The number of urea groups is 1. The van der Waals surface area contributed by atoms with Crippen molar-refractivity contribution in [2.75, 3.05) is 22.9 Å². The molecule has 196 valence electrons. The van der Waals surface area contributed by atoms with Crippen LogP contribution in [0.25, 0.3) is 11.1 Å². The first-order chi connectivity index (χ1) is 19.0. The Bertz CT molecular complexity index is 1570. The van der Waals surface area contributed by atoms with Gasteiger partial charge in [0.1, 0.15) is 11.4 Å². The first kappa shape index (κ1) is 24.8. The van der Waals surface area contributed by atoms with Crippen molar-refractivity contribution >= 4 is 23.4 Å². The van der Waals surface area contributed by atoms with E-state index in [0.717, 1.165) is 22.4 Å². The molecule has 39 heavy (non-hydrogen) atoms. The standard InChI is InChI=1S/C31H29N5O3/c1-22-7-6-18-32-26(22)21-34-19-16-31(17-20-34)29(38)35(30(39)36(31)27-10-5-11-28(37)33-27)25-14-12-24(13-15-25)23-8-3-2-4-9-23/h2-15,18H,16-17,19-21H2,1H3,(H,33,37). The van der Waals surface area contributed by atoms with Crippen LogP contribution in [0.3, 0.4) is 0 Å². The van der Waals surface area contributed by atoms with Crippen LogP contribution < -0.4 is 15.4 Å². The van der Waals surface area contributed by atoms with E-state index in [1.807, 2.05) is 73.7 Å². The molecule has 2 aromatic carbocycles. The molecule has 2 aliphatic heterocycles. The normalized spacial score (nSPS) is 17.3. The lowest BCUT2D eigenvalue weighted by atomic mass is 9.85. The summed E-state index contributed by atoms with van der Waals surface area (Å²) in [6, 6.07) is 25.6. The molecule has 1 spiro atoms. The highest BCUT2D eigenvalue weighted by atomic mass is 16.2. The number of aromatic nitrogens is 2. The number of nitrogens with one attached hydrogen (secondary N) is 1. The molecule has 2 fully saturated rings. The Morgan fingerprint density at radius 1 is 0.821 bits per heavy atom. The van der Waals surface area contributed by atoms with Crippen molar-refractivity contribution in [3.63, 3.8) is 0 Å². The highest BCUT2D eigenvalue weighted by Gasteiger charge is 2.59. The van der Waals surface area contributed by atoms with Crippen LogP contribution in [0.5, 0.6) is 0 Å². The summed E-state index contributed by atoms with van der Waals surface area (Å²) in [4.78, 5) is 52.7. The number of H-pyrrole nitrogens is 1. The Kier molecular flexibility index (Phi) is 6.32. The monoisotopic (exact) mass is 519 g/mol. The highest BCUT2D eigenvalue weighted by molar-refractivity contribution is 6.30. The quantitative estimate of drug-likeness (QED) is 0.384. The molecule has 4 aromatic rings. The highest BCUT2D eigenvalue weighted by Crippen LogP contribution is 2.42. The third kappa shape index (κ3) is 4.42. The summed E-state index contributed by atoms with van der Waals surface area (Å²) in [6.07, 6.45) is 2.68. The Labute approximate surface area is 226 Å². The zero-order valence-corrected chi connectivity index (χ0v) is 21.7. The van der Waals surface area contributed by atoms with Gasteiger partial charge < -0.3 is 4.98 Å². The van der Waals surface area contributed by atoms with Gasteiger partial charge in [0.2, 0.25) is 5.56 Å². The predicted octanol–water partition coefficient (Wildman–Crippen LogP) is 4.75. The average Bonchev–Trinajstić information content (AvgIpc) is 3.17. The van der Waals surface area contributed by atoms with Gasteiger partial charge in [0.15, 0.2) is 0 Å². The van der Waals surface area contributed by atoms with E-state index in [9.17, 15) is 14.4 Å². The largest absolute Gasteiger partial charge is 0.338 e. The number of aromatic amines is 1. The average molecular weight is 520 g/mol. The number of aryl methyl sites for hydroxylation is 1. The molecule has 0 radical (unpaired) electrons. The van der Waals surface area contributed by atoms with Gasteiger partial charge in [-0.2, -0.15) is 0 Å². The molecule has 2 aromatic heterocycles. The fourth-order valence-electron chi connectivity index (χ4n) is 5.65. The molecule has 2 aliphatic rings. The van der Waals surface area contributed by atoms with Gasteiger partial charge in [-0.05, 0) is 60.7 Å². The van der Waals surface area contributed by atoms with Crippen LogP contribution in [-0.2, 0) is 11.3 Å². The van der Waals surface area contributed by atoms with Crippen molar-refractivity contribution in [1.82, 2.24) is 14.9 Å². The number of rotatable bonds is 5. The molecule has 0 saturated carbocycles. The lowest BCUT2D eigenvalue weighted by Gasteiger charge is -2.41. The van der Waals surface area contributed by atoms with E-state index in [1.54, 1.807) is 18.3 Å². The minimum atomic E-state index is -1.09. The summed E-state index contributed by atoms with van der Waals surface area (Å²) < 4.78 is 0. The van der Waals surface area contributed by atoms with Crippen molar-refractivity contribution in [2.24, 2.45) is 0 Å². The van der Waals surface area contributed by atoms with Gasteiger partial charge in [0.05, 0.1) is 11.4 Å². The van der Waals surface area contributed by atoms with Crippen molar-refractivity contribution in [3.8, 4) is 11.1 Å². The molecular weight excluding hydrogens is 490 g/mol. The SMILES string of the molecule is Cc1cccnc1CN1CCC2(CC1)C(=O)N(c1ccc(-c3ccccc3)cc1)C(=O)N2c1cccc(=O)[nH]1. The summed E-state index contributed by atoms with van der Waals surface area (Å²) in [6.45, 7) is 3.95. The van der Waals surface area contributed by atoms with Crippen LogP contribution in [0, 0.1) is 6.92 Å². The maximum absolute atomic E-state index is 14.2. The number of likely N-dealkylation sites (tertiary alicyclic amines) is 1. The number of benzene rings is 2. The second-order valence-electron chi connectivity index (χ2n) is 10.1.